The summed E-state index contributed by atoms with van der Waals surface area (Å²) in [7, 11) is 1.63. The second kappa shape index (κ2) is 5.98. The van der Waals surface area contributed by atoms with Gasteiger partial charge in [0.25, 0.3) is 0 Å². The van der Waals surface area contributed by atoms with Gasteiger partial charge in [-0.1, -0.05) is 46.6 Å². The quantitative estimate of drug-likeness (QED) is 0.897. The Labute approximate surface area is 128 Å². The molecule has 2 aromatic carbocycles. The van der Waals surface area contributed by atoms with Gasteiger partial charge in [-0.15, -0.1) is 0 Å². The Hall–Kier alpha value is -1.32. The number of aryl methyl sites for hydroxylation is 1. The highest BCUT2D eigenvalue weighted by molar-refractivity contribution is 9.10. The number of aliphatic hydroxyl groups is 1. The lowest BCUT2D eigenvalue weighted by Gasteiger charge is -2.30. The zero-order valence-corrected chi connectivity index (χ0v) is 13.6. The molecule has 0 radical (unpaired) electrons. The molecule has 2 rings (SSSR count). The summed E-state index contributed by atoms with van der Waals surface area (Å²) in [6.07, 6.45) is 0.573. The fourth-order valence-corrected chi connectivity index (χ4v) is 2.84. The maximum Gasteiger partial charge on any atom is 0.125 e. The van der Waals surface area contributed by atoms with E-state index in [0.29, 0.717) is 12.2 Å². The lowest BCUT2D eigenvalue weighted by atomic mass is 9.83. The van der Waals surface area contributed by atoms with Crippen LogP contribution in [0.3, 0.4) is 0 Å². The lowest BCUT2D eigenvalue weighted by molar-refractivity contribution is 0.0735. The second-order valence-electron chi connectivity index (χ2n) is 4.93. The third-order valence-corrected chi connectivity index (χ3v) is 4.11. The van der Waals surface area contributed by atoms with Crippen LogP contribution in [-0.2, 0) is 5.60 Å². The standard InChI is InChI=1S/C17H19BrO2/c1-4-17(19,13-6-5-7-14(18)11-13)15-10-12(2)8-9-16(15)20-3/h5-11,19H,4H2,1-3H3. The van der Waals surface area contributed by atoms with Gasteiger partial charge in [0.15, 0.2) is 0 Å². The molecule has 2 nitrogen and oxygen atoms in total. The van der Waals surface area contributed by atoms with E-state index in [9.17, 15) is 5.11 Å². The predicted molar refractivity (Wildman–Crippen MR) is 85.2 cm³/mol. The molecule has 1 atom stereocenters. The summed E-state index contributed by atoms with van der Waals surface area (Å²) in [5, 5.41) is 11.2. The Morgan fingerprint density at radius 2 is 1.95 bits per heavy atom. The SMILES string of the molecule is CCC(O)(c1cccc(Br)c1)c1cc(C)ccc1OC. The number of ether oxygens (including phenoxy) is 1. The first-order valence-electron chi connectivity index (χ1n) is 6.65. The lowest BCUT2D eigenvalue weighted by Crippen LogP contribution is -2.27. The summed E-state index contributed by atoms with van der Waals surface area (Å²) in [5.74, 6) is 0.708. The maximum absolute atomic E-state index is 11.2. The van der Waals surface area contributed by atoms with Gasteiger partial charge in [-0.05, 0) is 43.2 Å². The fourth-order valence-electron chi connectivity index (χ4n) is 2.44. The van der Waals surface area contributed by atoms with Gasteiger partial charge in [0.2, 0.25) is 0 Å². The fraction of sp³-hybridized carbons (Fsp3) is 0.294. The van der Waals surface area contributed by atoms with Crippen molar-refractivity contribution < 1.29 is 9.84 Å². The maximum atomic E-state index is 11.2. The summed E-state index contributed by atoms with van der Waals surface area (Å²) < 4.78 is 6.38. The molecule has 0 aromatic heterocycles. The van der Waals surface area contributed by atoms with Gasteiger partial charge in [0.05, 0.1) is 7.11 Å². The van der Waals surface area contributed by atoms with Crippen LogP contribution < -0.4 is 4.74 Å². The van der Waals surface area contributed by atoms with Crippen molar-refractivity contribution in [2.75, 3.05) is 7.11 Å². The third-order valence-electron chi connectivity index (χ3n) is 3.61. The summed E-state index contributed by atoms with van der Waals surface area (Å²) in [6, 6.07) is 13.7. The van der Waals surface area contributed by atoms with Crippen molar-refractivity contribution in [1.82, 2.24) is 0 Å². The summed E-state index contributed by atoms with van der Waals surface area (Å²) in [6.45, 7) is 3.99. The van der Waals surface area contributed by atoms with E-state index in [1.165, 1.54) is 0 Å². The molecular formula is C17H19BrO2. The topological polar surface area (TPSA) is 29.5 Å². The van der Waals surface area contributed by atoms with Gasteiger partial charge >= 0.3 is 0 Å². The molecule has 1 unspecified atom stereocenters. The van der Waals surface area contributed by atoms with Gasteiger partial charge in [-0.3, -0.25) is 0 Å². The van der Waals surface area contributed by atoms with Crippen molar-refractivity contribution in [3.8, 4) is 5.75 Å². The molecule has 0 heterocycles. The average Bonchev–Trinajstić information content (AvgIpc) is 2.46. The Bertz CT molecular complexity index is 610. The summed E-state index contributed by atoms with van der Waals surface area (Å²) in [4.78, 5) is 0. The van der Waals surface area contributed by atoms with E-state index in [-0.39, 0.29) is 0 Å². The predicted octanol–water partition coefficient (Wildman–Crippen LogP) is 4.41. The number of hydrogen-bond acceptors (Lipinski definition) is 2. The highest BCUT2D eigenvalue weighted by atomic mass is 79.9. The van der Waals surface area contributed by atoms with E-state index in [1.807, 2.05) is 56.3 Å². The zero-order chi connectivity index (χ0) is 14.8. The molecule has 106 valence electrons. The number of halogens is 1. The van der Waals surface area contributed by atoms with Gasteiger partial charge < -0.3 is 9.84 Å². The zero-order valence-electron chi connectivity index (χ0n) is 12.0. The number of rotatable bonds is 4. The molecule has 0 amide bonds. The summed E-state index contributed by atoms with van der Waals surface area (Å²) in [5.41, 5.74) is 1.71. The Kier molecular flexibility index (Phi) is 4.51. The van der Waals surface area contributed by atoms with Crippen LogP contribution in [0.2, 0.25) is 0 Å². The highest BCUT2D eigenvalue weighted by Gasteiger charge is 2.32. The molecule has 0 aliphatic heterocycles. The van der Waals surface area contributed by atoms with E-state index in [1.54, 1.807) is 7.11 Å². The average molecular weight is 335 g/mol. The highest BCUT2D eigenvalue weighted by Crippen LogP contribution is 2.39. The molecule has 0 saturated carbocycles. The minimum absolute atomic E-state index is 0.573. The molecule has 0 spiro atoms. The normalized spacial score (nSPS) is 13.8. The van der Waals surface area contributed by atoms with Crippen LogP contribution in [0.1, 0.15) is 30.0 Å². The van der Waals surface area contributed by atoms with Crippen LogP contribution in [-0.4, -0.2) is 12.2 Å². The molecule has 0 aliphatic rings. The van der Waals surface area contributed by atoms with E-state index < -0.39 is 5.60 Å². The first-order chi connectivity index (χ1) is 9.51. The first-order valence-corrected chi connectivity index (χ1v) is 7.44. The van der Waals surface area contributed by atoms with Crippen LogP contribution in [0, 0.1) is 6.92 Å². The molecular weight excluding hydrogens is 316 g/mol. The van der Waals surface area contributed by atoms with E-state index in [0.717, 1.165) is 21.2 Å². The molecule has 0 saturated heterocycles. The Morgan fingerprint density at radius 1 is 1.20 bits per heavy atom. The molecule has 2 aromatic rings. The van der Waals surface area contributed by atoms with Gasteiger partial charge in [0.1, 0.15) is 11.4 Å². The van der Waals surface area contributed by atoms with Crippen molar-refractivity contribution in [2.24, 2.45) is 0 Å². The third kappa shape index (κ3) is 2.74. The summed E-state index contributed by atoms with van der Waals surface area (Å²) >= 11 is 3.46. The largest absolute Gasteiger partial charge is 0.496 e. The second-order valence-corrected chi connectivity index (χ2v) is 5.84. The molecule has 20 heavy (non-hydrogen) atoms. The van der Waals surface area contributed by atoms with Crippen molar-refractivity contribution in [3.05, 3.63) is 63.6 Å². The van der Waals surface area contributed by atoms with E-state index >= 15 is 0 Å². The van der Waals surface area contributed by atoms with Gasteiger partial charge in [-0.25, -0.2) is 0 Å². The molecule has 3 heteroatoms. The van der Waals surface area contributed by atoms with Crippen molar-refractivity contribution in [2.45, 2.75) is 25.9 Å². The monoisotopic (exact) mass is 334 g/mol. The number of benzene rings is 2. The van der Waals surface area contributed by atoms with Crippen molar-refractivity contribution in [3.63, 3.8) is 0 Å². The molecule has 0 bridgehead atoms. The molecule has 0 aliphatic carbocycles. The Balaban J connectivity index is 2.64. The van der Waals surface area contributed by atoms with E-state index in [4.69, 9.17) is 4.74 Å². The minimum atomic E-state index is -1.05. The van der Waals surface area contributed by atoms with Gasteiger partial charge in [-0.2, -0.15) is 0 Å². The van der Waals surface area contributed by atoms with Crippen LogP contribution in [0.15, 0.2) is 46.9 Å². The number of hydrogen-bond donors (Lipinski definition) is 1. The molecule has 0 fully saturated rings. The smallest absolute Gasteiger partial charge is 0.125 e. The van der Waals surface area contributed by atoms with Crippen molar-refractivity contribution >= 4 is 15.9 Å². The minimum Gasteiger partial charge on any atom is -0.496 e. The van der Waals surface area contributed by atoms with Gasteiger partial charge in [0, 0.05) is 10.0 Å². The van der Waals surface area contributed by atoms with Crippen LogP contribution in [0.4, 0.5) is 0 Å². The van der Waals surface area contributed by atoms with E-state index in [2.05, 4.69) is 15.9 Å². The first kappa shape index (κ1) is 15.1. The van der Waals surface area contributed by atoms with Crippen LogP contribution in [0.5, 0.6) is 5.75 Å². The van der Waals surface area contributed by atoms with Crippen molar-refractivity contribution in [1.29, 1.82) is 0 Å². The van der Waals surface area contributed by atoms with Crippen LogP contribution >= 0.6 is 15.9 Å². The van der Waals surface area contributed by atoms with Crippen LogP contribution in [0.25, 0.3) is 0 Å². The molecule has 1 N–H and O–H groups in total. The number of methoxy groups -OCH3 is 1. The Morgan fingerprint density at radius 3 is 2.55 bits per heavy atom.